The van der Waals surface area contributed by atoms with Crippen LogP contribution in [0.25, 0.3) is 0 Å². The molecular weight excluding hydrogens is 304 g/mol. The second-order valence-corrected chi connectivity index (χ2v) is 5.51. The van der Waals surface area contributed by atoms with E-state index in [1.807, 2.05) is 19.1 Å². The summed E-state index contributed by atoms with van der Waals surface area (Å²) in [6, 6.07) is 12.8. The fourth-order valence-corrected chi connectivity index (χ4v) is 2.35. The van der Waals surface area contributed by atoms with Crippen LogP contribution in [0.3, 0.4) is 0 Å². The molecule has 0 aromatic heterocycles. The van der Waals surface area contributed by atoms with Crippen molar-refractivity contribution in [3.63, 3.8) is 0 Å². The molecule has 0 spiro atoms. The average molecular weight is 326 g/mol. The van der Waals surface area contributed by atoms with Crippen LogP contribution in [-0.4, -0.2) is 25.5 Å². The third-order valence-corrected chi connectivity index (χ3v) is 3.88. The summed E-state index contributed by atoms with van der Waals surface area (Å²) in [5.41, 5.74) is 4.21. The number of carbonyl (C=O) groups is 2. The molecule has 126 valence electrons. The molecule has 0 aliphatic heterocycles. The molecule has 0 aliphatic rings. The minimum absolute atomic E-state index is 0.163. The fourth-order valence-electron chi connectivity index (χ4n) is 2.35. The van der Waals surface area contributed by atoms with Crippen molar-refractivity contribution in [3.8, 4) is 0 Å². The maximum atomic E-state index is 12.1. The van der Waals surface area contributed by atoms with Crippen molar-refractivity contribution in [1.29, 1.82) is 0 Å². The molecule has 0 saturated carbocycles. The second kappa shape index (κ2) is 8.15. The minimum Gasteiger partial charge on any atom is -0.465 e. The average Bonchev–Trinajstić information content (AvgIpc) is 2.58. The lowest BCUT2D eigenvalue weighted by molar-refractivity contribution is -0.115. The highest BCUT2D eigenvalue weighted by Gasteiger charge is 2.13. The zero-order chi connectivity index (χ0) is 17.5. The Morgan fingerprint density at radius 2 is 1.71 bits per heavy atom. The van der Waals surface area contributed by atoms with Crippen molar-refractivity contribution in [2.75, 3.05) is 24.3 Å². The summed E-state index contributed by atoms with van der Waals surface area (Å²) in [6.45, 7) is 4.61. The summed E-state index contributed by atoms with van der Waals surface area (Å²) >= 11 is 0. The van der Waals surface area contributed by atoms with E-state index in [1.54, 1.807) is 24.3 Å². The van der Waals surface area contributed by atoms with Crippen LogP contribution in [0, 0.1) is 13.8 Å². The van der Waals surface area contributed by atoms with Gasteiger partial charge in [-0.2, -0.15) is 0 Å². The first-order valence-corrected chi connectivity index (χ1v) is 7.80. The third kappa shape index (κ3) is 4.35. The molecule has 0 unspecified atom stereocenters. The zero-order valence-electron chi connectivity index (χ0n) is 14.2. The van der Waals surface area contributed by atoms with Gasteiger partial charge < -0.3 is 15.4 Å². The van der Waals surface area contributed by atoms with Crippen LogP contribution >= 0.6 is 0 Å². The molecule has 0 bridgehead atoms. The Hall–Kier alpha value is -2.82. The number of aryl methyl sites for hydroxylation is 1. The van der Waals surface area contributed by atoms with E-state index >= 15 is 0 Å². The van der Waals surface area contributed by atoms with Crippen LogP contribution in [0.2, 0.25) is 0 Å². The van der Waals surface area contributed by atoms with Crippen LogP contribution in [-0.2, 0) is 9.53 Å². The quantitative estimate of drug-likeness (QED) is 0.797. The van der Waals surface area contributed by atoms with E-state index in [-0.39, 0.29) is 5.91 Å². The van der Waals surface area contributed by atoms with Crippen LogP contribution in [0.1, 0.15) is 27.9 Å². The molecule has 0 radical (unpaired) electrons. The number of hydrogen-bond acceptors (Lipinski definition) is 4. The van der Waals surface area contributed by atoms with Crippen LogP contribution < -0.4 is 10.6 Å². The summed E-state index contributed by atoms with van der Waals surface area (Å²) in [5.74, 6) is -0.636. The van der Waals surface area contributed by atoms with Crippen LogP contribution in [0.4, 0.5) is 11.4 Å². The number of rotatable bonds is 6. The zero-order valence-corrected chi connectivity index (χ0v) is 14.2. The molecular formula is C19H22N2O3. The lowest BCUT2D eigenvalue weighted by Crippen LogP contribution is -2.18. The van der Waals surface area contributed by atoms with Crippen LogP contribution in [0.15, 0.2) is 42.5 Å². The smallest absolute Gasteiger partial charge is 0.339 e. The van der Waals surface area contributed by atoms with Crippen molar-refractivity contribution in [2.45, 2.75) is 20.3 Å². The highest BCUT2D eigenvalue weighted by Crippen LogP contribution is 2.18. The lowest BCUT2D eigenvalue weighted by atomic mass is 10.1. The monoisotopic (exact) mass is 326 g/mol. The Labute approximate surface area is 142 Å². The molecule has 24 heavy (non-hydrogen) atoms. The molecule has 0 fully saturated rings. The predicted molar refractivity (Wildman–Crippen MR) is 95.4 cm³/mol. The van der Waals surface area contributed by atoms with Gasteiger partial charge in [-0.3, -0.25) is 4.79 Å². The van der Waals surface area contributed by atoms with Gasteiger partial charge in [0.2, 0.25) is 5.91 Å². The van der Waals surface area contributed by atoms with Gasteiger partial charge in [-0.05, 0) is 43.2 Å². The highest BCUT2D eigenvalue weighted by molar-refractivity contribution is 6.01. The Kier molecular flexibility index (Phi) is 5.95. The third-order valence-electron chi connectivity index (χ3n) is 3.88. The van der Waals surface area contributed by atoms with Crippen molar-refractivity contribution >= 4 is 23.3 Å². The molecule has 0 saturated heterocycles. The molecule has 2 aromatic rings. The van der Waals surface area contributed by atoms with Crippen molar-refractivity contribution in [3.05, 3.63) is 59.2 Å². The van der Waals surface area contributed by atoms with Crippen molar-refractivity contribution in [2.24, 2.45) is 0 Å². The predicted octanol–water partition coefficient (Wildman–Crippen LogP) is 3.53. The first kappa shape index (κ1) is 17.5. The van der Waals surface area contributed by atoms with Gasteiger partial charge >= 0.3 is 5.97 Å². The van der Waals surface area contributed by atoms with Gasteiger partial charge in [-0.25, -0.2) is 4.79 Å². The molecule has 2 rings (SSSR count). The number of hydrogen-bond donors (Lipinski definition) is 2. The summed E-state index contributed by atoms with van der Waals surface area (Å²) in [4.78, 5) is 23.8. The van der Waals surface area contributed by atoms with E-state index in [2.05, 4.69) is 23.6 Å². The fraction of sp³-hybridized carbons (Fsp3) is 0.263. The van der Waals surface area contributed by atoms with E-state index < -0.39 is 5.97 Å². The van der Waals surface area contributed by atoms with Gasteiger partial charge in [0.15, 0.2) is 0 Å². The Balaban J connectivity index is 1.93. The van der Waals surface area contributed by atoms with Crippen molar-refractivity contribution < 1.29 is 14.3 Å². The Morgan fingerprint density at radius 3 is 2.46 bits per heavy atom. The Bertz CT molecular complexity index is 741. The van der Waals surface area contributed by atoms with Gasteiger partial charge in [0.25, 0.3) is 0 Å². The summed E-state index contributed by atoms with van der Waals surface area (Å²) in [7, 11) is 1.31. The van der Waals surface area contributed by atoms with E-state index in [0.717, 1.165) is 5.69 Å². The number of benzene rings is 2. The highest BCUT2D eigenvalue weighted by atomic mass is 16.5. The molecule has 2 aromatic carbocycles. The maximum Gasteiger partial charge on any atom is 0.339 e. The topological polar surface area (TPSA) is 67.4 Å². The summed E-state index contributed by atoms with van der Waals surface area (Å²) < 4.78 is 4.72. The largest absolute Gasteiger partial charge is 0.465 e. The minimum atomic E-state index is -0.473. The number of esters is 1. The number of anilines is 2. The molecule has 5 nitrogen and oxygen atoms in total. The van der Waals surface area contributed by atoms with E-state index in [1.165, 1.54) is 18.2 Å². The van der Waals surface area contributed by atoms with Gasteiger partial charge in [-0.1, -0.05) is 24.3 Å². The summed E-state index contributed by atoms with van der Waals surface area (Å²) in [5, 5.41) is 6.02. The number of carbonyl (C=O) groups excluding carboxylic acids is 2. The number of nitrogens with one attached hydrogen (secondary N) is 2. The maximum absolute atomic E-state index is 12.1. The normalized spacial score (nSPS) is 10.1. The van der Waals surface area contributed by atoms with E-state index in [9.17, 15) is 9.59 Å². The van der Waals surface area contributed by atoms with Crippen LogP contribution in [0.5, 0.6) is 0 Å². The first-order valence-electron chi connectivity index (χ1n) is 7.80. The first-order chi connectivity index (χ1) is 11.5. The SMILES string of the molecule is COC(=O)c1ccccc1NC(=O)CCNc1cccc(C)c1C. The standard InChI is InChI=1S/C19H22N2O3/c1-13-7-6-10-16(14(13)2)20-12-11-18(22)21-17-9-5-4-8-15(17)19(23)24-3/h4-10,20H,11-12H2,1-3H3,(H,21,22). The molecule has 5 heteroatoms. The van der Waals surface area contributed by atoms with E-state index in [0.29, 0.717) is 24.2 Å². The van der Waals surface area contributed by atoms with Gasteiger partial charge in [0, 0.05) is 18.7 Å². The van der Waals surface area contributed by atoms with E-state index in [4.69, 9.17) is 4.74 Å². The van der Waals surface area contributed by atoms with Gasteiger partial charge in [0.1, 0.15) is 0 Å². The molecule has 0 atom stereocenters. The number of para-hydroxylation sites is 1. The number of ether oxygens (including phenoxy) is 1. The summed E-state index contributed by atoms with van der Waals surface area (Å²) in [6.07, 6.45) is 0.295. The molecule has 2 N–H and O–H groups in total. The molecule has 0 heterocycles. The molecule has 0 aliphatic carbocycles. The van der Waals surface area contributed by atoms with Gasteiger partial charge in [-0.15, -0.1) is 0 Å². The Morgan fingerprint density at radius 1 is 1.00 bits per heavy atom. The second-order valence-electron chi connectivity index (χ2n) is 5.51. The number of methoxy groups -OCH3 is 1. The lowest BCUT2D eigenvalue weighted by Gasteiger charge is -2.12. The van der Waals surface area contributed by atoms with Gasteiger partial charge in [0.05, 0.1) is 18.4 Å². The molecule has 1 amide bonds. The number of amides is 1. The van der Waals surface area contributed by atoms with Crippen molar-refractivity contribution in [1.82, 2.24) is 0 Å².